The largest absolute Gasteiger partial charge is 2.00 e. The molecule has 0 fully saturated rings. The van der Waals surface area contributed by atoms with Gasteiger partial charge >= 0.3 is 48.9 Å². The van der Waals surface area contributed by atoms with Gasteiger partial charge in [0.05, 0.1) is 0 Å². The summed E-state index contributed by atoms with van der Waals surface area (Å²) in [4.78, 5) is 0. The van der Waals surface area contributed by atoms with Gasteiger partial charge in [-0.3, -0.25) is 14.1 Å². The first-order chi connectivity index (χ1) is 0. The van der Waals surface area contributed by atoms with Crippen molar-refractivity contribution in [3.05, 3.63) is 0 Å². The van der Waals surface area contributed by atoms with Crippen LogP contribution >= 0.6 is 0 Å². The molecule has 0 aromatic rings. The van der Waals surface area contributed by atoms with Crippen molar-refractivity contribution in [3.8, 4) is 0 Å². The molecule has 0 aliphatic heterocycles. The zero-order valence-electron chi connectivity index (χ0n) is 3.93. The van der Waals surface area contributed by atoms with Crippen LogP contribution in [0.4, 0.5) is 14.1 Å². The van der Waals surface area contributed by atoms with E-state index in [4.69, 9.17) is 0 Å². The van der Waals surface area contributed by atoms with Gasteiger partial charge in [0.15, 0.2) is 0 Å². The summed E-state index contributed by atoms with van der Waals surface area (Å²) in [5, 5.41) is 0. The fourth-order valence-electron chi connectivity index (χ4n) is 0. The Bertz CT molecular complexity index is 8.75. The summed E-state index contributed by atoms with van der Waals surface area (Å²) >= 11 is 0. The van der Waals surface area contributed by atoms with Crippen LogP contribution in [0.1, 0.15) is 2.85 Å². The molecule has 28 valence electrons. The summed E-state index contributed by atoms with van der Waals surface area (Å²) in [5.41, 5.74) is 0. The van der Waals surface area contributed by atoms with Crippen LogP contribution in [-0.4, -0.2) is 48.9 Å². The number of hydrogen-bond acceptors (Lipinski definition) is 0. The van der Waals surface area contributed by atoms with Gasteiger partial charge < -0.3 is 2.85 Å². The van der Waals surface area contributed by atoms with Gasteiger partial charge in [-0.2, -0.15) is 0 Å². The molecule has 0 spiro atoms. The average molecular weight is 199 g/mol. The number of rotatable bonds is 0. The molecule has 0 heterocycles. The molecule has 4 heteroatoms. The third kappa shape index (κ3) is 10.1. The van der Waals surface area contributed by atoms with Gasteiger partial charge in [0.1, 0.15) is 0 Å². The monoisotopic (exact) mass is 200 g/mol. The predicted molar refractivity (Wildman–Crippen MR) is 15.5 cm³/mol. The van der Waals surface area contributed by atoms with E-state index in [1.807, 2.05) is 0 Å². The standard InChI is InChI=1S/Ba.3FH.2H/h;3*1H;;/q+2;;;;2*-1. The first kappa shape index (κ1) is 55.0. The quantitative estimate of drug-likeness (QED) is 0.492. The van der Waals surface area contributed by atoms with Crippen molar-refractivity contribution in [2.45, 2.75) is 0 Å². The van der Waals surface area contributed by atoms with Gasteiger partial charge in [0.25, 0.3) is 0 Å². The minimum absolute atomic E-state index is 0. The molecule has 0 saturated carbocycles. The summed E-state index contributed by atoms with van der Waals surface area (Å²) in [7, 11) is 0. The Morgan fingerprint density at radius 3 is 0.750 bits per heavy atom. The van der Waals surface area contributed by atoms with Crippen molar-refractivity contribution >= 4 is 48.9 Å². The second-order valence-corrected chi connectivity index (χ2v) is 0. The maximum absolute atomic E-state index is 0. The number of hydrogen-bond donors (Lipinski definition) is 0. The Kier molecular flexibility index (Phi) is 366. The van der Waals surface area contributed by atoms with Crippen molar-refractivity contribution < 1.29 is 17.0 Å². The minimum atomic E-state index is 0. The Balaban J connectivity index is 0. The van der Waals surface area contributed by atoms with Crippen molar-refractivity contribution in [2.75, 3.05) is 0 Å². The van der Waals surface area contributed by atoms with Crippen LogP contribution in [0.25, 0.3) is 0 Å². The SMILES string of the molecule is F.F.F.[Ba+2].[H-].[H-]. The molecule has 0 aromatic carbocycles. The molecule has 0 bridgehead atoms. The van der Waals surface area contributed by atoms with E-state index in [0.29, 0.717) is 0 Å². The van der Waals surface area contributed by atoms with E-state index in [2.05, 4.69) is 0 Å². The van der Waals surface area contributed by atoms with Crippen LogP contribution in [0.15, 0.2) is 0 Å². The second-order valence-electron chi connectivity index (χ2n) is 0. The molecule has 0 N–H and O–H groups in total. The molecule has 0 aliphatic rings. The molecule has 4 heavy (non-hydrogen) atoms. The van der Waals surface area contributed by atoms with Crippen molar-refractivity contribution in [1.29, 1.82) is 0 Å². The Morgan fingerprint density at radius 1 is 0.750 bits per heavy atom. The van der Waals surface area contributed by atoms with E-state index in [1.165, 1.54) is 0 Å². The topological polar surface area (TPSA) is 0 Å². The molecule has 0 nitrogen and oxygen atoms in total. The molecule has 0 rings (SSSR count). The zero-order valence-corrected chi connectivity index (χ0v) is 6.37. The maximum Gasteiger partial charge on any atom is 2.00 e. The Morgan fingerprint density at radius 2 is 0.750 bits per heavy atom. The smallest absolute Gasteiger partial charge is 1.00 e. The summed E-state index contributed by atoms with van der Waals surface area (Å²) in [6.45, 7) is 0. The maximum atomic E-state index is 0. The van der Waals surface area contributed by atoms with Crippen LogP contribution in [0.5, 0.6) is 0 Å². The normalized spacial score (nSPS) is 0. The molecular formula is H5BaF3. The number of halogens is 3. The van der Waals surface area contributed by atoms with Crippen LogP contribution in [0.3, 0.4) is 0 Å². The predicted octanol–water partition coefficient (Wildman–Crippen LogP) is 0.302. The van der Waals surface area contributed by atoms with E-state index >= 15 is 0 Å². The fraction of sp³-hybridized carbons (Fsp3) is 0. The summed E-state index contributed by atoms with van der Waals surface area (Å²) < 4.78 is 0. The van der Waals surface area contributed by atoms with Gasteiger partial charge in [0.2, 0.25) is 0 Å². The van der Waals surface area contributed by atoms with Gasteiger partial charge in [0, 0.05) is 0 Å². The summed E-state index contributed by atoms with van der Waals surface area (Å²) in [6, 6.07) is 0. The van der Waals surface area contributed by atoms with Gasteiger partial charge in [-0.1, -0.05) is 0 Å². The molecule has 0 amide bonds. The van der Waals surface area contributed by atoms with E-state index in [1.54, 1.807) is 0 Å². The van der Waals surface area contributed by atoms with E-state index in [9.17, 15) is 0 Å². The average Bonchev–Trinajstić information content (AvgIpc) is 0. The molecular weight excluding hydrogens is 194 g/mol. The molecule has 0 atom stereocenters. The van der Waals surface area contributed by atoms with Crippen molar-refractivity contribution in [2.24, 2.45) is 0 Å². The van der Waals surface area contributed by atoms with E-state index in [0.717, 1.165) is 0 Å². The van der Waals surface area contributed by atoms with Gasteiger partial charge in [-0.25, -0.2) is 0 Å². The third-order valence-electron chi connectivity index (χ3n) is 0. The van der Waals surface area contributed by atoms with Crippen molar-refractivity contribution in [3.63, 3.8) is 0 Å². The molecule has 0 radical (unpaired) electrons. The minimum Gasteiger partial charge on any atom is -1.00 e. The van der Waals surface area contributed by atoms with Gasteiger partial charge in [-0.15, -0.1) is 0 Å². The van der Waals surface area contributed by atoms with E-state index < -0.39 is 0 Å². The first-order valence-corrected chi connectivity index (χ1v) is 0. The molecule has 0 unspecified atom stereocenters. The first-order valence-electron chi connectivity index (χ1n) is 0. The Hall–Kier alpha value is 1.36. The zero-order chi connectivity index (χ0) is 0. The van der Waals surface area contributed by atoms with Crippen LogP contribution in [0.2, 0.25) is 0 Å². The van der Waals surface area contributed by atoms with Crippen LogP contribution in [0, 0.1) is 0 Å². The third-order valence-corrected chi connectivity index (χ3v) is 0. The Labute approximate surface area is 65.1 Å². The van der Waals surface area contributed by atoms with Crippen LogP contribution < -0.4 is 0 Å². The van der Waals surface area contributed by atoms with Crippen LogP contribution in [-0.2, 0) is 0 Å². The molecule has 0 aliphatic carbocycles. The van der Waals surface area contributed by atoms with Gasteiger partial charge in [-0.05, 0) is 0 Å². The second kappa shape index (κ2) is 26.6. The fourth-order valence-corrected chi connectivity index (χ4v) is 0. The van der Waals surface area contributed by atoms with Crippen molar-refractivity contribution in [1.82, 2.24) is 0 Å². The summed E-state index contributed by atoms with van der Waals surface area (Å²) in [6.07, 6.45) is 0. The van der Waals surface area contributed by atoms with E-state index in [-0.39, 0.29) is 65.8 Å². The summed E-state index contributed by atoms with van der Waals surface area (Å²) in [5.74, 6) is 0. The molecule has 0 saturated heterocycles. The molecule has 0 aromatic heterocycles.